The van der Waals surface area contributed by atoms with Crippen LogP contribution in [0.15, 0.2) is 22.7 Å². The highest BCUT2D eigenvalue weighted by Crippen LogP contribution is 2.32. The van der Waals surface area contributed by atoms with Gasteiger partial charge in [0, 0.05) is 36.5 Å². The Morgan fingerprint density at radius 3 is 2.90 bits per heavy atom. The molecule has 0 spiro atoms. The van der Waals surface area contributed by atoms with Crippen LogP contribution in [-0.2, 0) is 13.0 Å². The molecule has 0 unspecified atom stereocenters. The van der Waals surface area contributed by atoms with Crippen molar-refractivity contribution in [3.05, 3.63) is 50.9 Å². The molecule has 6 nitrogen and oxygen atoms in total. The molecule has 0 atom stereocenters. The largest absolute Gasteiger partial charge is 0.366 e. The quantitative estimate of drug-likeness (QED) is 0.635. The SMILES string of the molecule is Cc1noc(C)c1CN1CCc2cc([N+](=O)[O-])ccc21. The number of nitro groups is 1. The molecule has 104 valence electrons. The number of nitro benzene ring substituents is 1. The highest BCUT2D eigenvalue weighted by molar-refractivity contribution is 5.61. The third-order valence-corrected chi connectivity index (χ3v) is 3.80. The monoisotopic (exact) mass is 273 g/mol. The van der Waals surface area contributed by atoms with Gasteiger partial charge in [-0.3, -0.25) is 10.1 Å². The highest BCUT2D eigenvalue weighted by atomic mass is 16.6. The minimum Gasteiger partial charge on any atom is -0.366 e. The van der Waals surface area contributed by atoms with E-state index in [1.54, 1.807) is 12.1 Å². The van der Waals surface area contributed by atoms with Crippen LogP contribution < -0.4 is 4.90 Å². The van der Waals surface area contributed by atoms with E-state index in [9.17, 15) is 10.1 Å². The first-order valence-electron chi connectivity index (χ1n) is 6.50. The zero-order valence-electron chi connectivity index (χ0n) is 11.4. The summed E-state index contributed by atoms with van der Waals surface area (Å²) in [7, 11) is 0. The number of aryl methyl sites for hydroxylation is 2. The van der Waals surface area contributed by atoms with Gasteiger partial charge in [-0.1, -0.05) is 5.16 Å². The van der Waals surface area contributed by atoms with Gasteiger partial charge in [-0.05, 0) is 31.9 Å². The van der Waals surface area contributed by atoms with Crippen LogP contribution in [0, 0.1) is 24.0 Å². The summed E-state index contributed by atoms with van der Waals surface area (Å²) in [6.07, 6.45) is 0.834. The Morgan fingerprint density at radius 1 is 1.45 bits per heavy atom. The lowest BCUT2D eigenvalue weighted by molar-refractivity contribution is -0.384. The minimum absolute atomic E-state index is 0.155. The molecule has 3 rings (SSSR count). The van der Waals surface area contributed by atoms with Gasteiger partial charge in [0.25, 0.3) is 5.69 Å². The smallest absolute Gasteiger partial charge is 0.269 e. The van der Waals surface area contributed by atoms with Crippen LogP contribution in [0.4, 0.5) is 11.4 Å². The first kappa shape index (κ1) is 12.7. The van der Waals surface area contributed by atoms with Crippen molar-refractivity contribution in [3.63, 3.8) is 0 Å². The lowest BCUT2D eigenvalue weighted by Gasteiger charge is -2.19. The Hall–Kier alpha value is -2.37. The maximum atomic E-state index is 10.8. The average Bonchev–Trinajstić information content (AvgIpc) is 2.97. The second-order valence-electron chi connectivity index (χ2n) is 5.04. The van der Waals surface area contributed by atoms with E-state index in [-0.39, 0.29) is 10.6 Å². The fraction of sp³-hybridized carbons (Fsp3) is 0.357. The Bertz CT molecular complexity index is 659. The van der Waals surface area contributed by atoms with Crippen LogP contribution in [0.5, 0.6) is 0 Å². The maximum absolute atomic E-state index is 10.8. The summed E-state index contributed by atoms with van der Waals surface area (Å²) in [5.74, 6) is 0.831. The summed E-state index contributed by atoms with van der Waals surface area (Å²) in [5.41, 5.74) is 4.25. The predicted octanol–water partition coefficient (Wildman–Crippen LogP) is 2.76. The molecule has 0 amide bonds. The number of non-ortho nitro benzene ring substituents is 1. The van der Waals surface area contributed by atoms with E-state index in [4.69, 9.17) is 4.52 Å². The number of hydrogen-bond donors (Lipinski definition) is 0. The van der Waals surface area contributed by atoms with Gasteiger partial charge in [0.1, 0.15) is 5.76 Å². The molecule has 0 saturated heterocycles. The van der Waals surface area contributed by atoms with E-state index >= 15 is 0 Å². The molecule has 0 aliphatic carbocycles. The second kappa shape index (κ2) is 4.63. The Morgan fingerprint density at radius 2 is 2.25 bits per heavy atom. The average molecular weight is 273 g/mol. The Labute approximate surface area is 116 Å². The molecule has 0 bridgehead atoms. The summed E-state index contributed by atoms with van der Waals surface area (Å²) in [5, 5.41) is 14.8. The summed E-state index contributed by atoms with van der Waals surface area (Å²) in [6.45, 7) is 5.42. The first-order valence-corrected chi connectivity index (χ1v) is 6.50. The normalized spacial score (nSPS) is 13.6. The molecule has 1 aromatic carbocycles. The number of fused-ring (bicyclic) bond motifs is 1. The predicted molar refractivity (Wildman–Crippen MR) is 73.8 cm³/mol. The van der Waals surface area contributed by atoms with Gasteiger partial charge in [0.15, 0.2) is 0 Å². The molecule has 20 heavy (non-hydrogen) atoms. The molecule has 0 N–H and O–H groups in total. The van der Waals surface area contributed by atoms with Crippen molar-refractivity contribution >= 4 is 11.4 Å². The number of benzene rings is 1. The summed E-state index contributed by atoms with van der Waals surface area (Å²) in [4.78, 5) is 12.7. The van der Waals surface area contributed by atoms with E-state index in [1.807, 2.05) is 19.9 Å². The third-order valence-electron chi connectivity index (χ3n) is 3.80. The molecule has 6 heteroatoms. The Kier molecular flexibility index (Phi) is 2.93. The molecule has 1 aliphatic heterocycles. The molecule has 1 aromatic heterocycles. The van der Waals surface area contributed by atoms with Gasteiger partial charge in [0.2, 0.25) is 0 Å². The molecular formula is C14H15N3O3. The van der Waals surface area contributed by atoms with Gasteiger partial charge in [-0.25, -0.2) is 0 Å². The number of aromatic nitrogens is 1. The van der Waals surface area contributed by atoms with Crippen molar-refractivity contribution in [1.29, 1.82) is 0 Å². The van der Waals surface area contributed by atoms with E-state index < -0.39 is 0 Å². The van der Waals surface area contributed by atoms with Crippen LogP contribution in [0.2, 0.25) is 0 Å². The van der Waals surface area contributed by atoms with Crippen molar-refractivity contribution in [2.45, 2.75) is 26.8 Å². The zero-order chi connectivity index (χ0) is 14.3. The molecule has 0 radical (unpaired) electrons. The molecule has 0 fully saturated rings. The van der Waals surface area contributed by atoms with Gasteiger partial charge in [-0.2, -0.15) is 0 Å². The van der Waals surface area contributed by atoms with Crippen LogP contribution in [0.3, 0.4) is 0 Å². The molecule has 2 heterocycles. The molecule has 0 saturated carbocycles. The van der Waals surface area contributed by atoms with E-state index in [0.717, 1.165) is 47.8 Å². The van der Waals surface area contributed by atoms with Crippen LogP contribution in [0.25, 0.3) is 0 Å². The molecule has 2 aromatic rings. The summed E-state index contributed by atoms with van der Waals surface area (Å²) >= 11 is 0. The Balaban J connectivity index is 1.88. The highest BCUT2D eigenvalue weighted by Gasteiger charge is 2.23. The molecule has 1 aliphatic rings. The van der Waals surface area contributed by atoms with E-state index in [1.165, 1.54) is 0 Å². The van der Waals surface area contributed by atoms with Crippen molar-refractivity contribution in [2.24, 2.45) is 0 Å². The standard InChI is InChI=1S/C14H15N3O3/c1-9-13(10(2)20-15-9)8-16-6-5-11-7-12(17(18)19)3-4-14(11)16/h3-4,7H,5-6,8H2,1-2H3. The van der Waals surface area contributed by atoms with Gasteiger partial charge in [0.05, 0.1) is 10.6 Å². The van der Waals surface area contributed by atoms with Crippen molar-refractivity contribution in [2.75, 3.05) is 11.4 Å². The lowest BCUT2D eigenvalue weighted by Crippen LogP contribution is -2.20. The van der Waals surface area contributed by atoms with Crippen LogP contribution in [0.1, 0.15) is 22.6 Å². The van der Waals surface area contributed by atoms with Gasteiger partial charge >= 0.3 is 0 Å². The number of nitrogens with zero attached hydrogens (tertiary/aromatic N) is 3. The van der Waals surface area contributed by atoms with Crippen molar-refractivity contribution in [1.82, 2.24) is 5.16 Å². The van der Waals surface area contributed by atoms with Crippen molar-refractivity contribution in [3.8, 4) is 0 Å². The number of hydrogen-bond acceptors (Lipinski definition) is 5. The van der Waals surface area contributed by atoms with Crippen LogP contribution >= 0.6 is 0 Å². The minimum atomic E-state index is -0.350. The number of rotatable bonds is 3. The first-order chi connectivity index (χ1) is 9.56. The second-order valence-corrected chi connectivity index (χ2v) is 5.04. The topological polar surface area (TPSA) is 72.4 Å². The maximum Gasteiger partial charge on any atom is 0.269 e. The van der Waals surface area contributed by atoms with Gasteiger partial charge in [-0.15, -0.1) is 0 Å². The summed E-state index contributed by atoms with van der Waals surface area (Å²) < 4.78 is 5.18. The number of anilines is 1. The molecular weight excluding hydrogens is 258 g/mol. The fourth-order valence-electron chi connectivity index (χ4n) is 2.65. The van der Waals surface area contributed by atoms with Gasteiger partial charge < -0.3 is 9.42 Å². The van der Waals surface area contributed by atoms with Crippen molar-refractivity contribution < 1.29 is 9.45 Å². The van der Waals surface area contributed by atoms with E-state index in [2.05, 4.69) is 10.1 Å². The van der Waals surface area contributed by atoms with Crippen LogP contribution in [-0.4, -0.2) is 16.6 Å². The van der Waals surface area contributed by atoms with E-state index in [0.29, 0.717) is 0 Å². The summed E-state index contributed by atoms with van der Waals surface area (Å²) in [6, 6.07) is 5.06. The zero-order valence-corrected chi connectivity index (χ0v) is 11.4. The third kappa shape index (κ3) is 2.03. The fourth-order valence-corrected chi connectivity index (χ4v) is 2.65. The lowest BCUT2D eigenvalue weighted by atomic mass is 10.1.